The smallest absolute Gasteiger partial charge is 0.407 e. The zero-order valence-electron chi connectivity index (χ0n) is 23.2. The standard InChI is InChI=1S/C29H33F2N7O3/c1-4-41-16-18-9-21(30)27(22(31)10-18)24-6-5-20-13-34-26(38(20)36-24)11-19-12-33-8-7-25(19)37-14-17(2)28(23(32)15-37)35-29(39)40-3/h5-10,12-13,17,23,28H,4,11,14-16,32H2,1-3H3,(H,35,39)/t17-,23+,28-/m0/s1. The number of nitrogens with two attached hydrogens (primary N) is 1. The SMILES string of the molecule is CCOCc1cc(F)c(-c2ccc3cnc(Cc4cnccc4N4C[C@@H](N)[C@@H](NC(=O)OC)[C@@H](C)C4)n3n2)c(F)c1. The zero-order valence-corrected chi connectivity index (χ0v) is 23.2. The van der Waals surface area contributed by atoms with Crippen molar-refractivity contribution in [2.45, 2.75) is 39.0 Å². The van der Waals surface area contributed by atoms with Crippen molar-refractivity contribution in [3.63, 3.8) is 0 Å². The van der Waals surface area contributed by atoms with E-state index in [1.165, 1.54) is 19.2 Å². The molecule has 0 bridgehead atoms. The van der Waals surface area contributed by atoms with Gasteiger partial charge in [-0.3, -0.25) is 4.98 Å². The molecule has 10 nitrogen and oxygen atoms in total. The van der Waals surface area contributed by atoms with E-state index in [0.29, 0.717) is 43.0 Å². The summed E-state index contributed by atoms with van der Waals surface area (Å²) in [6.45, 7) is 5.59. The molecule has 12 heteroatoms. The molecule has 41 heavy (non-hydrogen) atoms. The zero-order chi connectivity index (χ0) is 29.1. The second-order valence-corrected chi connectivity index (χ2v) is 10.2. The number of rotatable bonds is 8. The fourth-order valence-electron chi connectivity index (χ4n) is 5.36. The van der Waals surface area contributed by atoms with E-state index in [0.717, 1.165) is 11.3 Å². The number of nitrogens with one attached hydrogen (secondary N) is 1. The molecule has 3 aromatic heterocycles. The van der Waals surface area contributed by atoms with E-state index in [4.69, 9.17) is 15.2 Å². The molecule has 3 atom stereocenters. The summed E-state index contributed by atoms with van der Waals surface area (Å²) < 4.78 is 41.7. The molecule has 1 aliphatic heterocycles. The lowest BCUT2D eigenvalue weighted by molar-refractivity contribution is 0.133. The summed E-state index contributed by atoms with van der Waals surface area (Å²) >= 11 is 0. The molecule has 0 saturated carbocycles. The highest BCUT2D eigenvalue weighted by molar-refractivity contribution is 5.68. The Morgan fingerprint density at radius 3 is 2.66 bits per heavy atom. The van der Waals surface area contributed by atoms with Crippen molar-refractivity contribution >= 4 is 17.3 Å². The Kier molecular flexibility index (Phi) is 8.41. The van der Waals surface area contributed by atoms with Crippen LogP contribution in [0.25, 0.3) is 16.8 Å². The third-order valence-corrected chi connectivity index (χ3v) is 7.34. The molecular weight excluding hydrogens is 532 g/mol. The first-order chi connectivity index (χ1) is 19.8. The Labute approximate surface area is 236 Å². The van der Waals surface area contributed by atoms with E-state index in [1.807, 2.05) is 19.9 Å². The number of carbonyl (C=O) groups is 1. The first kappa shape index (κ1) is 28.4. The predicted molar refractivity (Wildman–Crippen MR) is 149 cm³/mol. The lowest BCUT2D eigenvalue weighted by Gasteiger charge is -2.42. The maximum atomic E-state index is 15.0. The molecule has 4 aromatic rings. The molecule has 1 saturated heterocycles. The van der Waals surface area contributed by atoms with E-state index in [2.05, 4.69) is 25.3 Å². The fourth-order valence-corrected chi connectivity index (χ4v) is 5.36. The summed E-state index contributed by atoms with van der Waals surface area (Å²) in [6, 6.07) is 7.23. The molecule has 216 valence electrons. The number of hydrogen-bond donors (Lipinski definition) is 2. The number of methoxy groups -OCH3 is 1. The largest absolute Gasteiger partial charge is 0.453 e. The van der Waals surface area contributed by atoms with Gasteiger partial charge < -0.3 is 25.4 Å². The first-order valence-corrected chi connectivity index (χ1v) is 13.5. The highest BCUT2D eigenvalue weighted by Gasteiger charge is 2.34. The second-order valence-electron chi connectivity index (χ2n) is 10.2. The van der Waals surface area contributed by atoms with Crippen LogP contribution in [0.1, 0.15) is 30.8 Å². The van der Waals surface area contributed by atoms with Gasteiger partial charge in [0, 0.05) is 55.8 Å². The molecule has 0 radical (unpaired) electrons. The third-order valence-electron chi connectivity index (χ3n) is 7.34. The van der Waals surface area contributed by atoms with Gasteiger partial charge in [0.2, 0.25) is 0 Å². The van der Waals surface area contributed by atoms with Crippen LogP contribution < -0.4 is 16.0 Å². The van der Waals surface area contributed by atoms with Crippen molar-refractivity contribution in [3.05, 3.63) is 77.5 Å². The van der Waals surface area contributed by atoms with Gasteiger partial charge in [-0.2, -0.15) is 5.10 Å². The van der Waals surface area contributed by atoms with Crippen molar-refractivity contribution in [1.29, 1.82) is 0 Å². The van der Waals surface area contributed by atoms with Crippen LogP contribution in [-0.2, 0) is 22.5 Å². The molecule has 0 aliphatic carbocycles. The highest BCUT2D eigenvalue weighted by Crippen LogP contribution is 2.29. The van der Waals surface area contributed by atoms with Crippen LogP contribution >= 0.6 is 0 Å². The highest BCUT2D eigenvalue weighted by atomic mass is 19.1. The van der Waals surface area contributed by atoms with Gasteiger partial charge in [0.05, 0.1) is 42.7 Å². The van der Waals surface area contributed by atoms with Gasteiger partial charge in [-0.1, -0.05) is 6.92 Å². The van der Waals surface area contributed by atoms with Gasteiger partial charge in [-0.25, -0.2) is 23.1 Å². The topological polar surface area (TPSA) is 120 Å². The summed E-state index contributed by atoms with van der Waals surface area (Å²) in [5.74, 6) is -0.777. The molecular formula is C29H33F2N7O3. The number of alkyl carbamates (subject to hydrolysis) is 1. The Hall–Kier alpha value is -4.16. The van der Waals surface area contributed by atoms with E-state index >= 15 is 8.78 Å². The van der Waals surface area contributed by atoms with Crippen molar-refractivity contribution in [1.82, 2.24) is 24.9 Å². The number of nitrogens with zero attached hydrogens (tertiary/aromatic N) is 5. The maximum absolute atomic E-state index is 15.0. The molecule has 1 amide bonds. The second kappa shape index (κ2) is 12.1. The first-order valence-electron chi connectivity index (χ1n) is 13.5. The minimum absolute atomic E-state index is 0.0556. The summed E-state index contributed by atoms with van der Waals surface area (Å²) in [5.41, 5.74) is 9.35. The molecule has 4 heterocycles. The number of amides is 1. The van der Waals surface area contributed by atoms with E-state index < -0.39 is 17.7 Å². The molecule has 5 rings (SSSR count). The summed E-state index contributed by atoms with van der Waals surface area (Å²) in [4.78, 5) is 22.8. The number of ether oxygens (including phenoxy) is 2. The quantitative estimate of drug-likeness (QED) is 0.332. The third kappa shape index (κ3) is 5.98. The monoisotopic (exact) mass is 565 g/mol. The Morgan fingerprint density at radius 1 is 1.17 bits per heavy atom. The normalized spacial score (nSPS) is 19.0. The molecule has 0 spiro atoms. The molecule has 0 unspecified atom stereocenters. The summed E-state index contributed by atoms with van der Waals surface area (Å²) in [7, 11) is 1.33. The van der Waals surface area contributed by atoms with Crippen LogP contribution in [0.3, 0.4) is 0 Å². The number of carbonyl (C=O) groups excluding carboxylic acids is 1. The van der Waals surface area contributed by atoms with Crippen LogP contribution in [0.2, 0.25) is 0 Å². The summed E-state index contributed by atoms with van der Waals surface area (Å²) in [6.07, 6.45) is 5.02. The number of aromatic nitrogens is 4. The number of imidazole rings is 1. The number of fused-ring (bicyclic) bond motifs is 1. The van der Waals surface area contributed by atoms with Gasteiger partial charge in [-0.15, -0.1) is 0 Å². The van der Waals surface area contributed by atoms with Crippen molar-refractivity contribution in [3.8, 4) is 11.3 Å². The Bertz CT molecular complexity index is 1510. The van der Waals surface area contributed by atoms with Crippen LogP contribution in [0.5, 0.6) is 0 Å². The number of halogens is 2. The van der Waals surface area contributed by atoms with Crippen LogP contribution in [0.4, 0.5) is 19.3 Å². The van der Waals surface area contributed by atoms with E-state index in [-0.39, 0.29) is 35.9 Å². The molecule has 1 aliphatic rings. The number of hydrogen-bond acceptors (Lipinski definition) is 8. The number of anilines is 1. The molecule has 1 fully saturated rings. The Balaban J connectivity index is 1.42. The predicted octanol–water partition coefficient (Wildman–Crippen LogP) is 3.70. The van der Waals surface area contributed by atoms with Gasteiger partial charge in [0.25, 0.3) is 0 Å². The Morgan fingerprint density at radius 2 is 1.95 bits per heavy atom. The number of pyridine rings is 1. The van der Waals surface area contributed by atoms with Crippen molar-refractivity contribution < 1.29 is 23.0 Å². The minimum atomic E-state index is -0.710. The van der Waals surface area contributed by atoms with Crippen LogP contribution in [0.15, 0.2) is 48.9 Å². The minimum Gasteiger partial charge on any atom is -0.453 e. The molecule has 3 N–H and O–H groups in total. The van der Waals surface area contributed by atoms with E-state index in [9.17, 15) is 4.79 Å². The fraction of sp³-hybridized carbons (Fsp3) is 0.379. The summed E-state index contributed by atoms with van der Waals surface area (Å²) in [5, 5.41) is 7.41. The lowest BCUT2D eigenvalue weighted by atomic mass is 9.89. The van der Waals surface area contributed by atoms with Crippen LogP contribution in [0, 0.1) is 17.6 Å². The van der Waals surface area contributed by atoms with Gasteiger partial charge in [-0.05, 0) is 48.7 Å². The number of piperidine rings is 1. The molecule has 1 aromatic carbocycles. The van der Waals surface area contributed by atoms with Crippen molar-refractivity contribution in [2.24, 2.45) is 11.7 Å². The van der Waals surface area contributed by atoms with Gasteiger partial charge >= 0.3 is 6.09 Å². The average Bonchev–Trinajstić information content (AvgIpc) is 3.35. The lowest BCUT2D eigenvalue weighted by Crippen LogP contribution is -2.62. The van der Waals surface area contributed by atoms with Crippen molar-refractivity contribution in [2.75, 3.05) is 31.7 Å². The average molecular weight is 566 g/mol. The number of benzene rings is 1. The van der Waals surface area contributed by atoms with E-state index in [1.54, 1.807) is 35.2 Å². The van der Waals surface area contributed by atoms with Crippen LogP contribution in [-0.4, -0.2) is 64.6 Å². The van der Waals surface area contributed by atoms with Gasteiger partial charge in [0.15, 0.2) is 0 Å². The van der Waals surface area contributed by atoms with Gasteiger partial charge in [0.1, 0.15) is 17.5 Å². The maximum Gasteiger partial charge on any atom is 0.407 e.